The van der Waals surface area contributed by atoms with E-state index >= 15 is 0 Å². The summed E-state index contributed by atoms with van der Waals surface area (Å²) in [6, 6.07) is 12.6. The van der Waals surface area contributed by atoms with Crippen molar-refractivity contribution in [2.24, 2.45) is 0 Å². The van der Waals surface area contributed by atoms with Crippen LogP contribution in [0.4, 0.5) is 0 Å². The van der Waals surface area contributed by atoms with Crippen molar-refractivity contribution in [1.29, 1.82) is 0 Å². The molecule has 0 bridgehead atoms. The molecular weight excluding hydrogens is 332 g/mol. The van der Waals surface area contributed by atoms with Crippen LogP contribution in [-0.4, -0.2) is 22.7 Å². The summed E-state index contributed by atoms with van der Waals surface area (Å²) >= 11 is 5.95. The number of nitrogens with zero attached hydrogens (tertiary/aromatic N) is 1. The van der Waals surface area contributed by atoms with Crippen molar-refractivity contribution in [3.63, 3.8) is 0 Å². The van der Waals surface area contributed by atoms with Gasteiger partial charge >= 0.3 is 0 Å². The highest BCUT2D eigenvalue weighted by molar-refractivity contribution is 6.31. The largest absolute Gasteiger partial charge is 0.494 e. The molecule has 24 heavy (non-hydrogen) atoms. The Morgan fingerprint density at radius 2 is 2.04 bits per heavy atom. The Labute approximate surface area is 143 Å². The quantitative estimate of drug-likeness (QED) is 0.403. The molecule has 0 aliphatic rings. The van der Waals surface area contributed by atoms with Crippen molar-refractivity contribution in [3.05, 3.63) is 47.5 Å². The fourth-order valence-electron chi connectivity index (χ4n) is 2.20. The molecule has 6 nitrogen and oxygen atoms in total. The summed E-state index contributed by atoms with van der Waals surface area (Å²) in [5.41, 5.74) is 3.80. The fourth-order valence-corrected chi connectivity index (χ4v) is 2.36. The maximum absolute atomic E-state index is 10.9. The third-order valence-electron chi connectivity index (χ3n) is 3.39. The van der Waals surface area contributed by atoms with Crippen LogP contribution < -0.4 is 10.2 Å². The number of amides is 1. The maximum Gasteiger partial charge on any atom is 0.243 e. The first kappa shape index (κ1) is 16.3. The first-order valence-electron chi connectivity index (χ1n) is 7.38. The van der Waals surface area contributed by atoms with E-state index in [4.69, 9.17) is 26.0 Å². The highest BCUT2D eigenvalue weighted by Crippen LogP contribution is 2.27. The summed E-state index contributed by atoms with van der Waals surface area (Å²) in [5, 5.41) is 9.01. The number of carbonyl (C=O) groups excluding carboxylic acids is 1. The predicted molar refractivity (Wildman–Crippen MR) is 89.1 cm³/mol. The Balaban J connectivity index is 1.64. The molecule has 0 saturated carbocycles. The molecule has 2 aromatic carbocycles. The van der Waals surface area contributed by atoms with Crippen LogP contribution in [-0.2, 0) is 4.79 Å². The van der Waals surface area contributed by atoms with E-state index in [9.17, 15) is 4.79 Å². The first-order chi connectivity index (χ1) is 11.7. The lowest BCUT2D eigenvalue weighted by Gasteiger charge is -2.05. The average molecular weight is 347 g/mol. The minimum absolute atomic E-state index is 0.208. The molecule has 1 aromatic heterocycles. The van der Waals surface area contributed by atoms with Gasteiger partial charge in [-0.05, 0) is 48.9 Å². The maximum atomic E-state index is 10.9. The second-order valence-corrected chi connectivity index (χ2v) is 5.58. The molecule has 7 heteroatoms. The number of fused-ring (bicyclic) bond motifs is 1. The number of nitrogens with one attached hydrogen (secondary N) is 1. The van der Waals surface area contributed by atoms with E-state index in [0.29, 0.717) is 40.8 Å². The number of aromatic nitrogens is 1. The van der Waals surface area contributed by atoms with E-state index in [1.807, 2.05) is 24.3 Å². The number of benzene rings is 2. The normalized spacial score (nSPS) is 10.8. The minimum atomic E-state index is -0.426. The van der Waals surface area contributed by atoms with Gasteiger partial charge < -0.3 is 9.15 Å². The van der Waals surface area contributed by atoms with Crippen LogP contribution in [0.5, 0.6) is 5.75 Å². The smallest absolute Gasteiger partial charge is 0.243 e. The summed E-state index contributed by atoms with van der Waals surface area (Å²) in [5.74, 6) is 0.769. The van der Waals surface area contributed by atoms with Crippen molar-refractivity contribution in [3.8, 4) is 17.2 Å². The van der Waals surface area contributed by atoms with Gasteiger partial charge in [-0.1, -0.05) is 11.6 Å². The molecule has 0 radical (unpaired) electrons. The van der Waals surface area contributed by atoms with Gasteiger partial charge in [-0.25, -0.2) is 10.5 Å². The van der Waals surface area contributed by atoms with Gasteiger partial charge in [-0.3, -0.25) is 10.0 Å². The Morgan fingerprint density at radius 3 is 2.79 bits per heavy atom. The number of halogens is 1. The number of rotatable bonds is 6. The van der Waals surface area contributed by atoms with Gasteiger partial charge in [-0.2, -0.15) is 0 Å². The molecule has 1 amide bonds. The van der Waals surface area contributed by atoms with Crippen LogP contribution in [0.2, 0.25) is 5.02 Å². The van der Waals surface area contributed by atoms with Gasteiger partial charge in [0.25, 0.3) is 0 Å². The highest BCUT2D eigenvalue weighted by atomic mass is 35.5. The molecule has 3 aromatic rings. The Bertz CT molecular complexity index is 845. The zero-order valence-electron chi connectivity index (χ0n) is 12.7. The van der Waals surface area contributed by atoms with Crippen molar-refractivity contribution in [2.45, 2.75) is 12.8 Å². The molecule has 1 heterocycles. The van der Waals surface area contributed by atoms with Gasteiger partial charge in [0.2, 0.25) is 11.8 Å². The third-order valence-corrected chi connectivity index (χ3v) is 3.63. The molecule has 124 valence electrons. The van der Waals surface area contributed by atoms with Crippen LogP contribution in [0.3, 0.4) is 0 Å². The summed E-state index contributed by atoms with van der Waals surface area (Å²) in [6.07, 6.45) is 0.722. The standard InChI is InChI=1S/C17H15ClN2O4/c18-12-5-8-15-14(10-12)19-17(24-15)11-3-6-13(7-4-11)23-9-1-2-16(21)20-22/h3-8,10,22H,1-2,9H2,(H,20,21). The molecule has 2 N–H and O–H groups in total. The Hall–Kier alpha value is -2.57. The molecule has 3 rings (SSSR count). The second-order valence-electron chi connectivity index (χ2n) is 5.14. The molecule has 0 atom stereocenters. The molecule has 0 unspecified atom stereocenters. The molecule has 0 fully saturated rings. The number of hydrogen-bond acceptors (Lipinski definition) is 5. The molecular formula is C17H15ClN2O4. The van der Waals surface area contributed by atoms with E-state index in [-0.39, 0.29) is 6.42 Å². The zero-order chi connectivity index (χ0) is 16.9. The fraction of sp³-hybridized carbons (Fsp3) is 0.176. The van der Waals surface area contributed by atoms with Crippen molar-refractivity contribution in [2.75, 3.05) is 6.61 Å². The van der Waals surface area contributed by atoms with E-state index in [0.717, 1.165) is 5.56 Å². The molecule has 0 aliphatic carbocycles. The van der Waals surface area contributed by atoms with Crippen molar-refractivity contribution in [1.82, 2.24) is 10.5 Å². The SMILES string of the molecule is O=C(CCCOc1ccc(-c2nc3cc(Cl)ccc3o2)cc1)NO. The van der Waals surface area contributed by atoms with Crippen molar-refractivity contribution < 1.29 is 19.2 Å². The summed E-state index contributed by atoms with van der Waals surface area (Å²) in [7, 11) is 0. The summed E-state index contributed by atoms with van der Waals surface area (Å²) < 4.78 is 11.2. The highest BCUT2D eigenvalue weighted by Gasteiger charge is 2.09. The van der Waals surface area contributed by atoms with Crippen LogP contribution in [0.1, 0.15) is 12.8 Å². The zero-order valence-corrected chi connectivity index (χ0v) is 13.4. The van der Waals surface area contributed by atoms with Crippen molar-refractivity contribution >= 4 is 28.6 Å². The van der Waals surface area contributed by atoms with Crippen LogP contribution in [0.25, 0.3) is 22.6 Å². The Kier molecular flexibility index (Phi) is 4.98. The first-order valence-corrected chi connectivity index (χ1v) is 7.76. The van der Waals surface area contributed by atoms with E-state index in [1.165, 1.54) is 0 Å². The summed E-state index contributed by atoms with van der Waals surface area (Å²) in [4.78, 5) is 15.3. The van der Waals surface area contributed by atoms with E-state index in [1.54, 1.807) is 23.7 Å². The average Bonchev–Trinajstić information content (AvgIpc) is 3.02. The molecule has 0 aliphatic heterocycles. The number of carbonyl (C=O) groups is 1. The van der Waals surface area contributed by atoms with Crippen LogP contribution >= 0.6 is 11.6 Å². The Morgan fingerprint density at radius 1 is 1.25 bits per heavy atom. The number of hydroxylamine groups is 1. The van der Waals surface area contributed by atoms with Gasteiger partial charge in [0, 0.05) is 17.0 Å². The molecule has 0 saturated heterocycles. The number of oxazole rings is 1. The summed E-state index contributed by atoms with van der Waals surface area (Å²) in [6.45, 7) is 0.383. The van der Waals surface area contributed by atoms with Gasteiger partial charge in [0.15, 0.2) is 5.58 Å². The molecule has 0 spiro atoms. The van der Waals surface area contributed by atoms with E-state index in [2.05, 4.69) is 4.98 Å². The number of hydrogen-bond donors (Lipinski definition) is 2. The number of ether oxygens (including phenoxy) is 1. The van der Waals surface area contributed by atoms with Crippen LogP contribution in [0.15, 0.2) is 46.9 Å². The monoisotopic (exact) mass is 346 g/mol. The second kappa shape index (κ2) is 7.33. The van der Waals surface area contributed by atoms with E-state index < -0.39 is 5.91 Å². The third kappa shape index (κ3) is 3.84. The minimum Gasteiger partial charge on any atom is -0.494 e. The lowest BCUT2D eigenvalue weighted by Crippen LogP contribution is -2.18. The van der Waals surface area contributed by atoms with Gasteiger partial charge in [0.1, 0.15) is 11.3 Å². The predicted octanol–water partition coefficient (Wildman–Crippen LogP) is 3.81. The van der Waals surface area contributed by atoms with Crippen LogP contribution in [0, 0.1) is 0 Å². The lowest BCUT2D eigenvalue weighted by atomic mass is 10.2. The van der Waals surface area contributed by atoms with Gasteiger partial charge in [-0.15, -0.1) is 0 Å². The topological polar surface area (TPSA) is 84.6 Å². The lowest BCUT2D eigenvalue weighted by molar-refractivity contribution is -0.129. The van der Waals surface area contributed by atoms with Gasteiger partial charge in [0.05, 0.1) is 6.61 Å².